The molecule has 110 valence electrons. The molecule has 1 heterocycles. The van der Waals surface area contributed by atoms with Crippen LogP contribution in [0.4, 0.5) is 0 Å². The smallest absolute Gasteiger partial charge is 0.320 e. The molecule has 0 aromatic heterocycles. The third-order valence-corrected chi connectivity index (χ3v) is 3.41. The zero-order valence-corrected chi connectivity index (χ0v) is 11.4. The maximum atomic E-state index is 11.3. The summed E-state index contributed by atoms with van der Waals surface area (Å²) in [5.41, 5.74) is 6.31. The lowest BCUT2D eigenvalue weighted by Crippen LogP contribution is -2.40. The van der Waals surface area contributed by atoms with Crippen LogP contribution in [0.3, 0.4) is 0 Å². The van der Waals surface area contributed by atoms with Gasteiger partial charge in [-0.1, -0.05) is 12.1 Å². The van der Waals surface area contributed by atoms with Crippen molar-refractivity contribution in [3.05, 3.63) is 29.8 Å². The van der Waals surface area contributed by atoms with Gasteiger partial charge >= 0.3 is 5.97 Å². The summed E-state index contributed by atoms with van der Waals surface area (Å²) in [4.78, 5) is 11.3. The van der Waals surface area contributed by atoms with Crippen molar-refractivity contribution in [2.75, 3.05) is 20.2 Å². The van der Waals surface area contributed by atoms with Gasteiger partial charge in [0.2, 0.25) is 0 Å². The SMILES string of the molecule is COc1ccc(C[C@H]2NC[C@H](O)[C@H]2OC(=O)CN)cc1. The highest BCUT2D eigenvalue weighted by molar-refractivity contribution is 5.71. The second-order valence-corrected chi connectivity index (χ2v) is 4.79. The van der Waals surface area contributed by atoms with Crippen LogP contribution in [0.1, 0.15) is 5.56 Å². The molecule has 6 nitrogen and oxygen atoms in total. The second-order valence-electron chi connectivity index (χ2n) is 4.79. The van der Waals surface area contributed by atoms with E-state index in [9.17, 15) is 9.90 Å². The van der Waals surface area contributed by atoms with Gasteiger partial charge in [-0.15, -0.1) is 0 Å². The van der Waals surface area contributed by atoms with Gasteiger partial charge in [0, 0.05) is 6.54 Å². The minimum Gasteiger partial charge on any atom is -0.497 e. The van der Waals surface area contributed by atoms with Crippen molar-refractivity contribution in [2.24, 2.45) is 5.73 Å². The molecule has 6 heteroatoms. The number of hydrogen-bond acceptors (Lipinski definition) is 6. The van der Waals surface area contributed by atoms with Gasteiger partial charge < -0.3 is 25.6 Å². The van der Waals surface area contributed by atoms with Crippen LogP contribution in [0.5, 0.6) is 5.75 Å². The number of β-amino-alcohol motifs (C(OH)–C–C–N with tert-alkyl or cyclic N) is 1. The first-order valence-electron chi connectivity index (χ1n) is 6.58. The molecular weight excluding hydrogens is 260 g/mol. The summed E-state index contributed by atoms with van der Waals surface area (Å²) in [6.07, 6.45) is -0.606. The first kappa shape index (κ1) is 14.8. The largest absolute Gasteiger partial charge is 0.497 e. The Bertz CT molecular complexity index is 449. The van der Waals surface area contributed by atoms with Crippen molar-refractivity contribution in [1.82, 2.24) is 5.32 Å². The monoisotopic (exact) mass is 280 g/mol. The zero-order chi connectivity index (χ0) is 14.5. The van der Waals surface area contributed by atoms with Crippen LogP contribution in [0.2, 0.25) is 0 Å². The van der Waals surface area contributed by atoms with Crippen LogP contribution in [0, 0.1) is 0 Å². The van der Waals surface area contributed by atoms with Gasteiger partial charge in [-0.2, -0.15) is 0 Å². The number of nitrogens with one attached hydrogen (secondary N) is 1. The lowest BCUT2D eigenvalue weighted by molar-refractivity contribution is -0.152. The van der Waals surface area contributed by atoms with Crippen LogP contribution in [0.15, 0.2) is 24.3 Å². The topological polar surface area (TPSA) is 93.8 Å². The fourth-order valence-corrected chi connectivity index (χ4v) is 2.34. The normalized spacial score (nSPS) is 25.4. The molecule has 2 rings (SSSR count). The number of carbonyl (C=O) groups excluding carboxylic acids is 1. The van der Waals surface area contributed by atoms with Gasteiger partial charge in [-0.25, -0.2) is 0 Å². The first-order valence-corrected chi connectivity index (χ1v) is 6.58. The molecule has 0 unspecified atom stereocenters. The van der Waals surface area contributed by atoms with E-state index in [0.717, 1.165) is 11.3 Å². The van der Waals surface area contributed by atoms with Gasteiger partial charge in [-0.05, 0) is 24.1 Å². The van der Waals surface area contributed by atoms with Crippen molar-refractivity contribution in [1.29, 1.82) is 0 Å². The maximum Gasteiger partial charge on any atom is 0.320 e. The van der Waals surface area contributed by atoms with Gasteiger partial charge in [-0.3, -0.25) is 4.79 Å². The van der Waals surface area contributed by atoms with E-state index in [2.05, 4.69) is 5.32 Å². The number of esters is 1. The van der Waals surface area contributed by atoms with Crippen LogP contribution >= 0.6 is 0 Å². The number of aliphatic hydroxyl groups is 1. The van der Waals surface area contributed by atoms with Gasteiger partial charge in [0.25, 0.3) is 0 Å². The molecule has 1 aliphatic heterocycles. The molecule has 0 saturated carbocycles. The number of hydrogen-bond donors (Lipinski definition) is 3. The van der Waals surface area contributed by atoms with Crippen molar-refractivity contribution in [3.63, 3.8) is 0 Å². The molecule has 1 aromatic carbocycles. The highest BCUT2D eigenvalue weighted by atomic mass is 16.6. The average molecular weight is 280 g/mol. The molecule has 1 fully saturated rings. The van der Waals surface area contributed by atoms with Crippen LogP contribution in [-0.4, -0.2) is 49.5 Å². The third kappa shape index (κ3) is 3.47. The fourth-order valence-electron chi connectivity index (χ4n) is 2.34. The van der Waals surface area contributed by atoms with Crippen molar-refractivity contribution < 1.29 is 19.4 Å². The summed E-state index contributed by atoms with van der Waals surface area (Å²) in [5.74, 6) is 0.289. The van der Waals surface area contributed by atoms with E-state index in [-0.39, 0.29) is 12.6 Å². The Labute approximate surface area is 117 Å². The number of methoxy groups -OCH3 is 1. The fraction of sp³-hybridized carbons (Fsp3) is 0.500. The summed E-state index contributed by atoms with van der Waals surface area (Å²) in [7, 11) is 1.62. The van der Waals surface area contributed by atoms with Crippen molar-refractivity contribution in [2.45, 2.75) is 24.7 Å². The summed E-state index contributed by atoms with van der Waals surface area (Å²) in [6.45, 7) is 0.224. The first-order chi connectivity index (χ1) is 9.63. The maximum absolute atomic E-state index is 11.3. The van der Waals surface area contributed by atoms with E-state index in [1.165, 1.54) is 0 Å². The Hall–Kier alpha value is -1.63. The van der Waals surface area contributed by atoms with E-state index < -0.39 is 18.2 Å². The summed E-state index contributed by atoms with van der Waals surface area (Å²) >= 11 is 0. The van der Waals surface area contributed by atoms with Gasteiger partial charge in [0.05, 0.1) is 19.7 Å². The highest BCUT2D eigenvalue weighted by Gasteiger charge is 2.37. The molecule has 20 heavy (non-hydrogen) atoms. The third-order valence-electron chi connectivity index (χ3n) is 3.41. The predicted octanol–water partition coefficient (Wildman–Crippen LogP) is -0.559. The number of benzene rings is 1. The lowest BCUT2D eigenvalue weighted by atomic mass is 10.0. The molecule has 0 spiro atoms. The van der Waals surface area contributed by atoms with Crippen molar-refractivity contribution in [3.8, 4) is 5.75 Å². The highest BCUT2D eigenvalue weighted by Crippen LogP contribution is 2.19. The molecule has 1 aromatic rings. The Morgan fingerprint density at radius 2 is 2.15 bits per heavy atom. The molecule has 1 aliphatic rings. The van der Waals surface area contributed by atoms with E-state index in [4.69, 9.17) is 15.2 Å². The Morgan fingerprint density at radius 1 is 1.45 bits per heavy atom. The number of carbonyl (C=O) groups is 1. The number of aliphatic hydroxyl groups excluding tert-OH is 1. The summed E-state index contributed by atoms with van der Waals surface area (Å²) < 4.78 is 10.3. The van der Waals surface area contributed by atoms with E-state index >= 15 is 0 Å². The Balaban J connectivity index is 2.00. The van der Waals surface area contributed by atoms with Crippen LogP contribution in [-0.2, 0) is 16.0 Å². The molecule has 0 amide bonds. The standard InChI is InChI=1S/C14H20N2O4/c1-19-10-4-2-9(3-5-10)6-11-14(12(17)8-16-11)20-13(18)7-15/h2-5,11-12,14,16-17H,6-8,15H2,1H3/t11-,12+,14+/m1/s1. The number of ether oxygens (including phenoxy) is 2. The zero-order valence-electron chi connectivity index (χ0n) is 11.4. The molecule has 0 aliphatic carbocycles. The van der Waals surface area contributed by atoms with Gasteiger partial charge in [0.15, 0.2) is 0 Å². The minimum absolute atomic E-state index is 0.117. The van der Waals surface area contributed by atoms with E-state index in [1.54, 1.807) is 7.11 Å². The lowest BCUT2D eigenvalue weighted by Gasteiger charge is -2.21. The minimum atomic E-state index is -0.700. The van der Waals surface area contributed by atoms with Gasteiger partial charge in [0.1, 0.15) is 18.0 Å². The summed E-state index contributed by atoms with van der Waals surface area (Å²) in [6, 6.07) is 7.54. The molecule has 0 bridgehead atoms. The molecule has 4 N–H and O–H groups in total. The number of rotatable bonds is 5. The summed E-state index contributed by atoms with van der Waals surface area (Å²) in [5, 5.41) is 13.0. The molecular formula is C14H20N2O4. The molecule has 3 atom stereocenters. The van der Waals surface area contributed by atoms with E-state index in [1.807, 2.05) is 24.3 Å². The Morgan fingerprint density at radius 3 is 2.75 bits per heavy atom. The van der Waals surface area contributed by atoms with Crippen LogP contribution in [0.25, 0.3) is 0 Å². The quantitative estimate of drug-likeness (QED) is 0.626. The van der Waals surface area contributed by atoms with Crippen LogP contribution < -0.4 is 15.8 Å². The predicted molar refractivity (Wildman–Crippen MR) is 73.4 cm³/mol. The van der Waals surface area contributed by atoms with E-state index in [0.29, 0.717) is 13.0 Å². The molecule has 0 radical (unpaired) electrons. The number of nitrogens with two attached hydrogens (primary N) is 1. The second kappa shape index (κ2) is 6.69. The Kier molecular flexibility index (Phi) is 4.94. The van der Waals surface area contributed by atoms with Crippen molar-refractivity contribution >= 4 is 5.97 Å². The molecule has 1 saturated heterocycles. The average Bonchev–Trinajstić information content (AvgIpc) is 2.81.